The second-order valence-electron chi connectivity index (χ2n) is 9.23. The van der Waals surface area contributed by atoms with Crippen molar-refractivity contribution in [1.82, 2.24) is 0 Å². The van der Waals surface area contributed by atoms with Gasteiger partial charge >= 0.3 is 0 Å². The monoisotopic (exact) mass is 399 g/mol. The van der Waals surface area contributed by atoms with Crippen LogP contribution in [-0.4, -0.2) is 11.4 Å². The van der Waals surface area contributed by atoms with Gasteiger partial charge in [0, 0.05) is 22.7 Å². The number of furan rings is 1. The zero-order valence-electron chi connectivity index (χ0n) is 18.4. The molecule has 2 heterocycles. The van der Waals surface area contributed by atoms with Gasteiger partial charge in [0.2, 0.25) is 0 Å². The van der Waals surface area contributed by atoms with Crippen molar-refractivity contribution in [2.75, 3.05) is 4.90 Å². The molecule has 0 bridgehead atoms. The normalized spacial score (nSPS) is 20.4. The van der Waals surface area contributed by atoms with E-state index in [1.54, 1.807) is 18.4 Å². The molecule has 3 heteroatoms. The Hall–Kier alpha value is -3.07. The van der Waals surface area contributed by atoms with Crippen LogP contribution < -0.4 is 4.90 Å². The molecule has 4 rings (SSSR count). The standard InChI is InChI=1S/C27H29NO2/c1-19-8-11-21(12-9-19)27(5)18-26(3,4)28(24-14-10-20(2)17-23(24)27)25(29)15-13-22-7-6-16-30-22/h6-17H,18H2,1-5H3/b15-13+. The summed E-state index contributed by atoms with van der Waals surface area (Å²) in [5.41, 5.74) is 5.38. The minimum Gasteiger partial charge on any atom is -0.465 e. The first-order chi connectivity index (χ1) is 14.2. The van der Waals surface area contributed by atoms with Gasteiger partial charge in [0.05, 0.1) is 6.26 Å². The minimum absolute atomic E-state index is 0.0348. The quantitative estimate of drug-likeness (QED) is 0.475. The number of anilines is 1. The Balaban J connectivity index is 1.83. The third-order valence-corrected chi connectivity index (χ3v) is 6.22. The molecule has 1 unspecified atom stereocenters. The Labute approximate surface area is 179 Å². The zero-order valence-corrected chi connectivity index (χ0v) is 18.4. The van der Waals surface area contributed by atoms with E-state index in [0.29, 0.717) is 5.76 Å². The lowest BCUT2D eigenvalue weighted by molar-refractivity contribution is -0.115. The molecule has 0 saturated heterocycles. The van der Waals surface area contributed by atoms with E-state index in [9.17, 15) is 4.79 Å². The van der Waals surface area contributed by atoms with Crippen molar-refractivity contribution in [1.29, 1.82) is 0 Å². The fraction of sp³-hybridized carbons (Fsp3) is 0.296. The van der Waals surface area contributed by atoms with Gasteiger partial charge in [-0.1, -0.05) is 54.4 Å². The molecule has 0 spiro atoms. The maximum Gasteiger partial charge on any atom is 0.251 e. The van der Waals surface area contributed by atoms with E-state index in [1.807, 2.05) is 17.0 Å². The predicted molar refractivity (Wildman–Crippen MR) is 123 cm³/mol. The van der Waals surface area contributed by atoms with Gasteiger partial charge in [-0.25, -0.2) is 0 Å². The summed E-state index contributed by atoms with van der Waals surface area (Å²) in [6, 6.07) is 18.9. The van der Waals surface area contributed by atoms with Crippen LogP contribution >= 0.6 is 0 Å². The van der Waals surface area contributed by atoms with E-state index in [0.717, 1.165) is 12.1 Å². The van der Waals surface area contributed by atoms with Crippen molar-refractivity contribution < 1.29 is 9.21 Å². The number of nitrogens with zero attached hydrogens (tertiary/aromatic N) is 1. The number of carbonyl (C=O) groups excluding carboxylic acids is 1. The number of rotatable bonds is 3. The highest BCUT2D eigenvalue weighted by Gasteiger charge is 2.47. The Morgan fingerprint density at radius 2 is 1.70 bits per heavy atom. The highest BCUT2D eigenvalue weighted by atomic mass is 16.3. The molecule has 0 radical (unpaired) electrons. The maximum absolute atomic E-state index is 13.3. The third-order valence-electron chi connectivity index (χ3n) is 6.22. The number of amides is 1. The molecule has 2 aromatic carbocycles. The molecule has 0 saturated carbocycles. The Morgan fingerprint density at radius 1 is 1.00 bits per heavy atom. The van der Waals surface area contributed by atoms with Gasteiger partial charge in [-0.3, -0.25) is 4.79 Å². The van der Waals surface area contributed by atoms with E-state index in [1.165, 1.54) is 22.3 Å². The average Bonchev–Trinajstić information content (AvgIpc) is 3.20. The van der Waals surface area contributed by atoms with Crippen LogP contribution in [0.4, 0.5) is 5.69 Å². The van der Waals surface area contributed by atoms with Crippen LogP contribution in [0, 0.1) is 13.8 Å². The summed E-state index contributed by atoms with van der Waals surface area (Å²) < 4.78 is 5.35. The highest BCUT2D eigenvalue weighted by molar-refractivity contribution is 6.05. The molecule has 0 N–H and O–H groups in total. The molecule has 154 valence electrons. The number of benzene rings is 2. The predicted octanol–water partition coefficient (Wildman–Crippen LogP) is 6.43. The second kappa shape index (κ2) is 7.32. The Kier molecular flexibility index (Phi) is 4.93. The summed E-state index contributed by atoms with van der Waals surface area (Å²) in [5, 5.41) is 0. The van der Waals surface area contributed by atoms with Crippen molar-refractivity contribution in [3.8, 4) is 0 Å². The summed E-state index contributed by atoms with van der Waals surface area (Å²) >= 11 is 0. The highest BCUT2D eigenvalue weighted by Crippen LogP contribution is 2.50. The van der Waals surface area contributed by atoms with Crippen LogP contribution in [0.2, 0.25) is 0 Å². The van der Waals surface area contributed by atoms with Crippen molar-refractivity contribution in [3.63, 3.8) is 0 Å². The van der Waals surface area contributed by atoms with Gasteiger partial charge in [0.15, 0.2) is 0 Å². The first kappa shape index (κ1) is 20.2. The molecule has 0 aliphatic carbocycles. The molecule has 3 aromatic rings. The van der Waals surface area contributed by atoms with Crippen LogP contribution in [-0.2, 0) is 10.2 Å². The zero-order chi connectivity index (χ0) is 21.5. The Bertz CT molecular complexity index is 1090. The van der Waals surface area contributed by atoms with Crippen molar-refractivity contribution in [2.45, 2.75) is 52.0 Å². The van der Waals surface area contributed by atoms with E-state index in [4.69, 9.17) is 4.42 Å². The van der Waals surface area contributed by atoms with Crippen molar-refractivity contribution in [3.05, 3.63) is 95.0 Å². The summed E-state index contributed by atoms with van der Waals surface area (Å²) in [6.45, 7) is 10.8. The number of hydrogen-bond acceptors (Lipinski definition) is 2. The lowest BCUT2D eigenvalue weighted by atomic mass is 9.65. The lowest BCUT2D eigenvalue weighted by Crippen LogP contribution is -2.55. The van der Waals surface area contributed by atoms with Crippen LogP contribution in [0.1, 0.15) is 55.2 Å². The van der Waals surface area contributed by atoms with Gasteiger partial charge in [0.25, 0.3) is 5.91 Å². The third kappa shape index (κ3) is 3.49. The molecule has 1 aliphatic rings. The number of hydrogen-bond donors (Lipinski definition) is 0. The van der Waals surface area contributed by atoms with Crippen molar-refractivity contribution in [2.24, 2.45) is 0 Å². The van der Waals surface area contributed by atoms with Gasteiger partial charge in [-0.2, -0.15) is 0 Å². The smallest absolute Gasteiger partial charge is 0.251 e. The Morgan fingerprint density at radius 3 is 2.37 bits per heavy atom. The molecule has 1 atom stereocenters. The molecular formula is C27H29NO2. The van der Waals surface area contributed by atoms with Crippen LogP contribution in [0.5, 0.6) is 0 Å². The first-order valence-corrected chi connectivity index (χ1v) is 10.4. The summed E-state index contributed by atoms with van der Waals surface area (Å²) in [5.74, 6) is 0.638. The number of fused-ring (bicyclic) bond motifs is 1. The topological polar surface area (TPSA) is 33.5 Å². The number of aryl methyl sites for hydroxylation is 2. The average molecular weight is 400 g/mol. The van der Waals surface area contributed by atoms with Gasteiger partial charge < -0.3 is 9.32 Å². The van der Waals surface area contributed by atoms with Crippen LogP contribution in [0.15, 0.2) is 71.4 Å². The van der Waals surface area contributed by atoms with Gasteiger partial charge in [-0.15, -0.1) is 0 Å². The second-order valence-corrected chi connectivity index (χ2v) is 9.23. The van der Waals surface area contributed by atoms with E-state index >= 15 is 0 Å². The summed E-state index contributed by atoms with van der Waals surface area (Å²) in [4.78, 5) is 15.3. The van der Waals surface area contributed by atoms with E-state index in [-0.39, 0.29) is 16.9 Å². The van der Waals surface area contributed by atoms with E-state index in [2.05, 4.69) is 77.1 Å². The van der Waals surface area contributed by atoms with Crippen molar-refractivity contribution >= 4 is 17.7 Å². The fourth-order valence-corrected chi connectivity index (χ4v) is 4.86. The van der Waals surface area contributed by atoms with Gasteiger partial charge in [0.1, 0.15) is 5.76 Å². The largest absolute Gasteiger partial charge is 0.465 e. The SMILES string of the molecule is Cc1ccc(C2(C)CC(C)(C)N(C(=O)/C=C/c3ccco3)c3ccc(C)cc32)cc1. The molecule has 3 nitrogen and oxygen atoms in total. The number of carbonyl (C=O) groups is 1. The minimum atomic E-state index is -0.355. The maximum atomic E-state index is 13.3. The lowest BCUT2D eigenvalue weighted by Gasteiger charge is -2.51. The molecule has 30 heavy (non-hydrogen) atoms. The van der Waals surface area contributed by atoms with E-state index < -0.39 is 0 Å². The summed E-state index contributed by atoms with van der Waals surface area (Å²) in [7, 11) is 0. The summed E-state index contributed by atoms with van der Waals surface area (Å²) in [6.07, 6.45) is 5.79. The molecule has 0 fully saturated rings. The van der Waals surface area contributed by atoms with Gasteiger partial charge in [-0.05, 0) is 69.5 Å². The molecule has 1 aliphatic heterocycles. The van der Waals surface area contributed by atoms with Crippen LogP contribution in [0.3, 0.4) is 0 Å². The molecule has 1 aromatic heterocycles. The molecule has 1 amide bonds. The fourth-order valence-electron chi connectivity index (χ4n) is 4.86. The van der Waals surface area contributed by atoms with Crippen LogP contribution in [0.25, 0.3) is 6.08 Å². The first-order valence-electron chi connectivity index (χ1n) is 10.4. The molecular weight excluding hydrogens is 370 g/mol.